The summed E-state index contributed by atoms with van der Waals surface area (Å²) in [6.45, 7) is 1.86. The topological polar surface area (TPSA) is 35.5 Å². The highest BCUT2D eigenvalue weighted by atomic mass is 16.5. The van der Waals surface area contributed by atoms with E-state index in [2.05, 4.69) is 0 Å². The Labute approximate surface area is 99.0 Å². The van der Waals surface area contributed by atoms with Crippen LogP contribution < -0.4 is 9.47 Å². The number of hydrogen-bond acceptors (Lipinski definition) is 3. The van der Waals surface area contributed by atoms with E-state index in [1.807, 2.05) is 37.3 Å². The summed E-state index contributed by atoms with van der Waals surface area (Å²) < 4.78 is 10.5. The van der Waals surface area contributed by atoms with E-state index in [-0.39, 0.29) is 11.9 Å². The van der Waals surface area contributed by atoms with Gasteiger partial charge in [0, 0.05) is 10.9 Å². The van der Waals surface area contributed by atoms with E-state index < -0.39 is 0 Å². The predicted molar refractivity (Wildman–Crippen MR) is 64.6 cm³/mol. The first-order valence-electron chi connectivity index (χ1n) is 5.53. The van der Waals surface area contributed by atoms with Crippen molar-refractivity contribution >= 4 is 16.7 Å². The molecule has 3 heteroatoms. The van der Waals surface area contributed by atoms with Gasteiger partial charge in [0.25, 0.3) is 0 Å². The van der Waals surface area contributed by atoms with Gasteiger partial charge in [-0.25, -0.2) is 0 Å². The van der Waals surface area contributed by atoms with Crippen LogP contribution in [0.15, 0.2) is 30.3 Å². The molecule has 1 heterocycles. The molecule has 3 rings (SSSR count). The minimum absolute atomic E-state index is 0.180. The average molecular weight is 228 g/mol. The van der Waals surface area contributed by atoms with E-state index >= 15 is 0 Å². The summed E-state index contributed by atoms with van der Waals surface area (Å²) in [5.74, 6) is 1.08. The lowest BCUT2D eigenvalue weighted by molar-refractivity contribution is -0.133. The Morgan fingerprint density at radius 1 is 1.24 bits per heavy atom. The molecule has 0 fully saturated rings. The number of ether oxygens (including phenoxy) is 2. The lowest BCUT2D eigenvalue weighted by atomic mass is 9.99. The first-order valence-corrected chi connectivity index (χ1v) is 5.53. The number of methoxy groups -OCH3 is 1. The fourth-order valence-corrected chi connectivity index (χ4v) is 2.19. The van der Waals surface area contributed by atoms with E-state index in [1.165, 1.54) is 0 Å². The molecule has 0 aliphatic carbocycles. The normalized spacial score (nSPS) is 18.0. The Hall–Kier alpha value is -2.03. The molecule has 0 radical (unpaired) electrons. The Bertz CT molecular complexity index is 616. The van der Waals surface area contributed by atoms with Gasteiger partial charge >= 0.3 is 5.97 Å². The fraction of sp³-hybridized carbons (Fsp3) is 0.214. The van der Waals surface area contributed by atoms with E-state index in [9.17, 15) is 4.79 Å². The van der Waals surface area contributed by atoms with Crippen molar-refractivity contribution < 1.29 is 14.3 Å². The fourth-order valence-electron chi connectivity index (χ4n) is 2.19. The highest BCUT2D eigenvalue weighted by Gasteiger charge is 2.30. The zero-order chi connectivity index (χ0) is 12.0. The Morgan fingerprint density at radius 2 is 2.00 bits per heavy atom. The van der Waals surface area contributed by atoms with E-state index in [0.717, 1.165) is 22.1 Å². The molecule has 2 aromatic carbocycles. The molecule has 3 nitrogen and oxygen atoms in total. The van der Waals surface area contributed by atoms with E-state index in [1.54, 1.807) is 7.11 Å². The van der Waals surface area contributed by atoms with Crippen molar-refractivity contribution in [3.63, 3.8) is 0 Å². The Kier molecular flexibility index (Phi) is 2.08. The van der Waals surface area contributed by atoms with Crippen LogP contribution in [0, 0.1) is 0 Å². The molecule has 0 saturated carbocycles. The maximum atomic E-state index is 11.6. The van der Waals surface area contributed by atoms with Gasteiger partial charge in [-0.3, -0.25) is 4.79 Å². The molecular formula is C14H12O3. The van der Waals surface area contributed by atoms with Gasteiger partial charge in [-0.15, -0.1) is 0 Å². The van der Waals surface area contributed by atoms with Gasteiger partial charge in [0.15, 0.2) is 0 Å². The predicted octanol–water partition coefficient (Wildman–Crippen LogP) is 2.87. The summed E-state index contributed by atoms with van der Waals surface area (Å²) in [7, 11) is 1.62. The molecule has 0 unspecified atom stereocenters. The van der Waals surface area contributed by atoms with E-state index in [4.69, 9.17) is 9.47 Å². The highest BCUT2D eigenvalue weighted by molar-refractivity contribution is 5.98. The first-order chi connectivity index (χ1) is 8.20. The summed E-state index contributed by atoms with van der Waals surface area (Å²) in [4.78, 5) is 11.6. The Morgan fingerprint density at radius 3 is 2.76 bits per heavy atom. The number of fused-ring (bicyclic) bond motifs is 3. The third-order valence-electron chi connectivity index (χ3n) is 3.23. The molecule has 0 aromatic heterocycles. The van der Waals surface area contributed by atoms with Crippen LogP contribution in [0.5, 0.6) is 11.5 Å². The van der Waals surface area contributed by atoms with Gasteiger partial charge in [-0.05, 0) is 24.4 Å². The highest BCUT2D eigenvalue weighted by Crippen LogP contribution is 2.41. The van der Waals surface area contributed by atoms with Crippen LogP contribution >= 0.6 is 0 Å². The molecule has 2 aromatic rings. The Balaban J connectivity index is 2.31. The molecule has 0 saturated heterocycles. The van der Waals surface area contributed by atoms with Crippen LogP contribution in [0.3, 0.4) is 0 Å². The van der Waals surface area contributed by atoms with Crippen molar-refractivity contribution in [1.29, 1.82) is 0 Å². The summed E-state index contributed by atoms with van der Waals surface area (Å²) in [5, 5.41) is 1.98. The zero-order valence-electron chi connectivity index (χ0n) is 9.69. The molecule has 0 amide bonds. The maximum absolute atomic E-state index is 11.6. The number of rotatable bonds is 1. The van der Waals surface area contributed by atoms with E-state index in [0.29, 0.717) is 5.75 Å². The molecule has 86 valence electrons. The van der Waals surface area contributed by atoms with Crippen molar-refractivity contribution in [3.05, 3.63) is 35.9 Å². The van der Waals surface area contributed by atoms with Crippen molar-refractivity contribution in [3.8, 4) is 11.5 Å². The van der Waals surface area contributed by atoms with Crippen LogP contribution in [-0.4, -0.2) is 13.1 Å². The maximum Gasteiger partial charge on any atom is 0.318 e. The van der Waals surface area contributed by atoms with Crippen LogP contribution in [0.2, 0.25) is 0 Å². The molecule has 1 atom stereocenters. The van der Waals surface area contributed by atoms with Gasteiger partial charge in [0.05, 0.1) is 13.0 Å². The lowest BCUT2D eigenvalue weighted by Crippen LogP contribution is -2.05. The van der Waals surface area contributed by atoms with Gasteiger partial charge in [-0.2, -0.15) is 0 Å². The van der Waals surface area contributed by atoms with Crippen molar-refractivity contribution in [2.24, 2.45) is 0 Å². The minimum atomic E-state index is -0.185. The standard InChI is InChI=1S/C14H12O3/c1-8-11-6-4-9-3-5-10(16-2)7-12(9)13(11)17-14(8)15/h3-8H,1-2H3/t8-/m0/s1. The second-order valence-electron chi connectivity index (χ2n) is 4.21. The smallest absolute Gasteiger partial charge is 0.318 e. The number of esters is 1. The summed E-state index contributed by atoms with van der Waals surface area (Å²) in [6.07, 6.45) is 0. The molecule has 1 aliphatic heterocycles. The average Bonchev–Trinajstić information content (AvgIpc) is 2.65. The number of hydrogen-bond donors (Lipinski definition) is 0. The second kappa shape index (κ2) is 3.48. The van der Waals surface area contributed by atoms with Crippen LogP contribution in [0.25, 0.3) is 10.8 Å². The lowest BCUT2D eigenvalue weighted by Gasteiger charge is -2.06. The van der Waals surface area contributed by atoms with Crippen molar-refractivity contribution in [1.82, 2.24) is 0 Å². The third kappa shape index (κ3) is 1.39. The van der Waals surface area contributed by atoms with Gasteiger partial charge < -0.3 is 9.47 Å². The largest absolute Gasteiger partial charge is 0.497 e. The number of carbonyl (C=O) groups is 1. The SMILES string of the molecule is COc1ccc2ccc3c(c2c1)OC(=O)[C@H]3C. The van der Waals surface area contributed by atoms with Crippen LogP contribution in [-0.2, 0) is 4.79 Å². The first kappa shape index (κ1) is 10.1. The third-order valence-corrected chi connectivity index (χ3v) is 3.23. The summed E-state index contributed by atoms with van der Waals surface area (Å²) >= 11 is 0. The quantitative estimate of drug-likeness (QED) is 0.556. The zero-order valence-corrected chi connectivity index (χ0v) is 9.69. The molecule has 0 N–H and O–H groups in total. The number of carbonyl (C=O) groups excluding carboxylic acids is 1. The van der Waals surface area contributed by atoms with Crippen molar-refractivity contribution in [2.45, 2.75) is 12.8 Å². The van der Waals surface area contributed by atoms with Crippen molar-refractivity contribution in [2.75, 3.05) is 7.11 Å². The van der Waals surface area contributed by atoms with Gasteiger partial charge in [0.2, 0.25) is 0 Å². The monoisotopic (exact) mass is 228 g/mol. The van der Waals surface area contributed by atoms with Crippen LogP contribution in [0.1, 0.15) is 18.4 Å². The minimum Gasteiger partial charge on any atom is -0.497 e. The molecular weight excluding hydrogens is 216 g/mol. The van der Waals surface area contributed by atoms with Gasteiger partial charge in [0.1, 0.15) is 11.5 Å². The summed E-state index contributed by atoms with van der Waals surface area (Å²) in [5.41, 5.74) is 0.954. The van der Waals surface area contributed by atoms with Gasteiger partial charge in [-0.1, -0.05) is 18.2 Å². The second-order valence-corrected chi connectivity index (χ2v) is 4.21. The molecule has 1 aliphatic rings. The number of benzene rings is 2. The molecule has 0 bridgehead atoms. The molecule has 0 spiro atoms. The summed E-state index contributed by atoms with van der Waals surface area (Å²) in [6, 6.07) is 9.73. The molecule has 17 heavy (non-hydrogen) atoms. The van der Waals surface area contributed by atoms with Crippen LogP contribution in [0.4, 0.5) is 0 Å².